The summed E-state index contributed by atoms with van der Waals surface area (Å²) in [6, 6.07) is 18.3. The smallest absolute Gasteiger partial charge is 0.261 e. The maximum Gasteiger partial charge on any atom is 0.261 e. The molecule has 0 saturated carbocycles. The Balaban J connectivity index is 1.78. The first kappa shape index (κ1) is 25.1. The lowest BCUT2D eigenvalue weighted by Gasteiger charge is -2.29. The highest BCUT2D eigenvalue weighted by Gasteiger charge is 2.27. The molecule has 0 aliphatic carbocycles. The SMILES string of the molecule is CC[C@H](C)NC(=O)[C@H](C)N(Cc1ccc(Cl)cc1)C(=O)COc1ccc2ccccc2c1Br. The molecule has 2 atom stereocenters. The molecular weight excluding hydrogens is 504 g/mol. The molecule has 1 N–H and O–H groups in total. The summed E-state index contributed by atoms with van der Waals surface area (Å²) in [5.74, 6) is 0.0977. The Labute approximate surface area is 208 Å². The van der Waals surface area contributed by atoms with Crippen LogP contribution in [0.5, 0.6) is 5.75 Å². The number of hydrogen-bond donors (Lipinski definition) is 1. The summed E-state index contributed by atoms with van der Waals surface area (Å²) in [6.45, 7) is 5.76. The molecule has 0 heterocycles. The lowest BCUT2D eigenvalue weighted by atomic mass is 10.1. The summed E-state index contributed by atoms with van der Waals surface area (Å²) in [5, 5.41) is 5.65. The van der Waals surface area contributed by atoms with Crippen LogP contribution in [-0.4, -0.2) is 35.4 Å². The van der Waals surface area contributed by atoms with Crippen molar-refractivity contribution in [2.45, 2.75) is 45.8 Å². The Morgan fingerprint density at radius 3 is 2.45 bits per heavy atom. The number of nitrogens with one attached hydrogen (secondary N) is 1. The minimum absolute atomic E-state index is 0.0252. The van der Waals surface area contributed by atoms with Crippen molar-refractivity contribution in [3.8, 4) is 5.75 Å². The van der Waals surface area contributed by atoms with Crippen molar-refractivity contribution in [2.75, 3.05) is 6.61 Å². The lowest BCUT2D eigenvalue weighted by Crippen LogP contribution is -2.50. The van der Waals surface area contributed by atoms with Gasteiger partial charge in [-0.1, -0.05) is 61.0 Å². The fourth-order valence-corrected chi connectivity index (χ4v) is 4.12. The van der Waals surface area contributed by atoms with Crippen LogP contribution in [0.3, 0.4) is 0 Å². The van der Waals surface area contributed by atoms with Gasteiger partial charge in [0, 0.05) is 17.6 Å². The summed E-state index contributed by atoms with van der Waals surface area (Å²) in [4.78, 5) is 27.6. The maximum atomic E-state index is 13.2. The van der Waals surface area contributed by atoms with E-state index in [4.69, 9.17) is 16.3 Å². The first-order valence-electron chi connectivity index (χ1n) is 10.9. The van der Waals surface area contributed by atoms with Gasteiger partial charge in [0.15, 0.2) is 6.61 Å². The van der Waals surface area contributed by atoms with E-state index in [9.17, 15) is 9.59 Å². The van der Waals surface area contributed by atoms with Gasteiger partial charge in [0.05, 0.1) is 4.47 Å². The highest BCUT2D eigenvalue weighted by atomic mass is 79.9. The molecule has 0 aliphatic heterocycles. The maximum absolute atomic E-state index is 13.2. The predicted molar refractivity (Wildman–Crippen MR) is 137 cm³/mol. The van der Waals surface area contributed by atoms with E-state index >= 15 is 0 Å². The van der Waals surface area contributed by atoms with Crippen molar-refractivity contribution in [1.82, 2.24) is 10.2 Å². The molecule has 3 aromatic rings. The van der Waals surface area contributed by atoms with E-state index in [1.165, 1.54) is 4.90 Å². The molecule has 3 aromatic carbocycles. The zero-order valence-corrected chi connectivity index (χ0v) is 21.3. The third-order valence-corrected chi connectivity index (χ3v) is 6.68. The third kappa shape index (κ3) is 6.49. The number of rotatable bonds is 9. The second-order valence-electron chi connectivity index (χ2n) is 8.03. The van der Waals surface area contributed by atoms with Gasteiger partial charge in [0.1, 0.15) is 11.8 Å². The standard InChI is InChI=1S/C26H28BrClN2O3/c1-4-17(2)29-26(32)18(3)30(15-19-9-12-21(28)13-10-19)24(31)16-33-23-14-11-20-7-5-6-8-22(20)25(23)27/h5-14,17-18H,4,15-16H2,1-3H3,(H,29,32)/t17-,18-/m0/s1. The number of carbonyl (C=O) groups excluding carboxylic acids is 2. The van der Waals surface area contributed by atoms with Crippen LogP contribution in [-0.2, 0) is 16.1 Å². The van der Waals surface area contributed by atoms with Gasteiger partial charge in [-0.05, 0) is 70.7 Å². The van der Waals surface area contributed by atoms with Crippen LogP contribution in [0.1, 0.15) is 32.8 Å². The molecular formula is C26H28BrClN2O3. The molecule has 174 valence electrons. The quantitative estimate of drug-likeness (QED) is 0.370. The van der Waals surface area contributed by atoms with Crippen molar-refractivity contribution in [2.24, 2.45) is 0 Å². The Kier molecular flexibility index (Phi) is 8.75. The highest BCUT2D eigenvalue weighted by molar-refractivity contribution is 9.10. The number of halogens is 2. The van der Waals surface area contributed by atoms with Crippen LogP contribution >= 0.6 is 27.5 Å². The van der Waals surface area contributed by atoms with Crippen molar-refractivity contribution < 1.29 is 14.3 Å². The van der Waals surface area contributed by atoms with Crippen LogP contribution in [0.15, 0.2) is 65.1 Å². The van der Waals surface area contributed by atoms with Crippen molar-refractivity contribution in [1.29, 1.82) is 0 Å². The number of benzene rings is 3. The van der Waals surface area contributed by atoms with Gasteiger partial charge in [-0.3, -0.25) is 9.59 Å². The molecule has 7 heteroatoms. The first-order chi connectivity index (χ1) is 15.8. The lowest BCUT2D eigenvalue weighted by molar-refractivity contribution is -0.142. The predicted octanol–water partition coefficient (Wildman–Crippen LogP) is 5.97. The minimum atomic E-state index is -0.661. The van der Waals surface area contributed by atoms with Gasteiger partial charge >= 0.3 is 0 Å². The third-order valence-electron chi connectivity index (χ3n) is 5.61. The largest absolute Gasteiger partial charge is 0.483 e. The molecule has 33 heavy (non-hydrogen) atoms. The van der Waals surface area contributed by atoms with Crippen LogP contribution < -0.4 is 10.1 Å². The molecule has 0 spiro atoms. The van der Waals surface area contributed by atoms with Crippen LogP contribution in [0, 0.1) is 0 Å². The van der Waals surface area contributed by atoms with Gasteiger partial charge in [-0.15, -0.1) is 0 Å². The van der Waals surface area contributed by atoms with E-state index in [-0.39, 0.29) is 31.0 Å². The number of nitrogens with zero attached hydrogens (tertiary/aromatic N) is 1. The van der Waals surface area contributed by atoms with Gasteiger partial charge < -0.3 is 15.0 Å². The number of amides is 2. The van der Waals surface area contributed by atoms with Gasteiger partial charge in [0.25, 0.3) is 5.91 Å². The van der Waals surface area contributed by atoms with E-state index in [1.54, 1.807) is 19.1 Å². The topological polar surface area (TPSA) is 58.6 Å². The van der Waals surface area contributed by atoms with E-state index in [2.05, 4.69) is 21.2 Å². The molecule has 0 radical (unpaired) electrons. The highest BCUT2D eigenvalue weighted by Crippen LogP contribution is 2.33. The molecule has 0 aliphatic rings. The summed E-state index contributed by atoms with van der Waals surface area (Å²) >= 11 is 9.59. The summed E-state index contributed by atoms with van der Waals surface area (Å²) in [6.07, 6.45) is 0.808. The molecule has 0 aromatic heterocycles. The Morgan fingerprint density at radius 2 is 1.76 bits per heavy atom. The molecule has 0 fully saturated rings. The van der Waals surface area contributed by atoms with Crippen LogP contribution in [0.2, 0.25) is 5.02 Å². The second-order valence-corrected chi connectivity index (χ2v) is 9.26. The molecule has 0 unspecified atom stereocenters. The molecule has 2 amide bonds. The van der Waals surface area contributed by atoms with Gasteiger partial charge in [-0.2, -0.15) is 0 Å². The van der Waals surface area contributed by atoms with Crippen LogP contribution in [0.25, 0.3) is 10.8 Å². The summed E-state index contributed by atoms with van der Waals surface area (Å²) in [5.41, 5.74) is 0.878. The Morgan fingerprint density at radius 1 is 1.06 bits per heavy atom. The van der Waals surface area contributed by atoms with E-state index in [0.717, 1.165) is 27.2 Å². The zero-order valence-electron chi connectivity index (χ0n) is 19.0. The van der Waals surface area contributed by atoms with E-state index in [0.29, 0.717) is 10.8 Å². The molecule has 0 bridgehead atoms. The average Bonchev–Trinajstić information content (AvgIpc) is 2.82. The number of ether oxygens (including phenoxy) is 1. The molecule has 3 rings (SSSR count). The first-order valence-corrected chi connectivity index (χ1v) is 12.1. The van der Waals surface area contributed by atoms with Crippen molar-refractivity contribution >= 4 is 50.1 Å². The number of hydrogen-bond acceptors (Lipinski definition) is 3. The van der Waals surface area contributed by atoms with Crippen molar-refractivity contribution in [3.05, 3.63) is 75.7 Å². The average molecular weight is 532 g/mol. The van der Waals surface area contributed by atoms with Gasteiger partial charge in [0.2, 0.25) is 5.91 Å². The fraction of sp³-hybridized carbons (Fsp3) is 0.308. The Hall–Kier alpha value is -2.57. The van der Waals surface area contributed by atoms with Crippen molar-refractivity contribution in [3.63, 3.8) is 0 Å². The number of fused-ring (bicyclic) bond motifs is 1. The van der Waals surface area contributed by atoms with E-state index < -0.39 is 6.04 Å². The van der Waals surface area contributed by atoms with Crippen LogP contribution in [0.4, 0.5) is 0 Å². The Bertz CT molecular complexity index is 1120. The normalized spacial score (nSPS) is 12.8. The summed E-state index contributed by atoms with van der Waals surface area (Å²) < 4.78 is 6.68. The fourth-order valence-electron chi connectivity index (χ4n) is 3.38. The summed E-state index contributed by atoms with van der Waals surface area (Å²) in [7, 11) is 0. The molecule has 5 nitrogen and oxygen atoms in total. The minimum Gasteiger partial charge on any atom is -0.483 e. The zero-order chi connectivity index (χ0) is 24.0. The van der Waals surface area contributed by atoms with Gasteiger partial charge in [-0.25, -0.2) is 0 Å². The monoisotopic (exact) mass is 530 g/mol. The van der Waals surface area contributed by atoms with E-state index in [1.807, 2.05) is 62.4 Å². The second kappa shape index (κ2) is 11.5. The molecule has 0 saturated heterocycles. The number of carbonyl (C=O) groups is 2.